The first-order chi connectivity index (χ1) is 8.88. The van der Waals surface area contributed by atoms with E-state index in [-0.39, 0.29) is 24.3 Å². The third-order valence-electron chi connectivity index (χ3n) is 3.30. The van der Waals surface area contributed by atoms with Crippen molar-refractivity contribution in [3.63, 3.8) is 0 Å². The molecule has 0 aromatic heterocycles. The SMILES string of the molecule is CC(C)N1C(=O)O[C@H](c2cc(Cl)cc(Cl)c2)C[C@@H]1C. The van der Waals surface area contributed by atoms with Gasteiger partial charge in [-0.25, -0.2) is 4.79 Å². The van der Waals surface area contributed by atoms with Gasteiger partial charge in [0.25, 0.3) is 0 Å². The standard InChI is InChI=1S/C14H17Cl2NO2/c1-8(2)17-9(3)4-13(19-14(17)18)10-5-11(15)7-12(16)6-10/h5-9,13H,4H2,1-3H3/t9-,13-/m0/s1. The van der Waals surface area contributed by atoms with E-state index in [1.165, 1.54) is 0 Å². The van der Waals surface area contributed by atoms with Crippen LogP contribution in [0.15, 0.2) is 18.2 Å². The van der Waals surface area contributed by atoms with E-state index in [2.05, 4.69) is 0 Å². The zero-order chi connectivity index (χ0) is 14.2. The van der Waals surface area contributed by atoms with Crippen LogP contribution in [0.5, 0.6) is 0 Å². The highest BCUT2D eigenvalue weighted by Gasteiger charge is 2.35. The van der Waals surface area contributed by atoms with Crippen LogP contribution in [0.4, 0.5) is 4.79 Å². The first-order valence-corrected chi connectivity index (χ1v) is 7.09. The molecule has 0 saturated carbocycles. The van der Waals surface area contributed by atoms with Gasteiger partial charge >= 0.3 is 6.09 Å². The molecule has 1 aromatic carbocycles. The highest BCUT2D eigenvalue weighted by Crippen LogP contribution is 2.34. The first-order valence-electron chi connectivity index (χ1n) is 6.33. The number of carbonyl (C=O) groups excluding carboxylic acids is 1. The molecule has 2 rings (SSSR count). The Kier molecular flexibility index (Phi) is 4.26. The van der Waals surface area contributed by atoms with Crippen molar-refractivity contribution in [1.29, 1.82) is 0 Å². The van der Waals surface area contributed by atoms with Gasteiger partial charge in [0.05, 0.1) is 0 Å². The Labute approximate surface area is 123 Å². The number of hydrogen-bond acceptors (Lipinski definition) is 2. The first kappa shape index (κ1) is 14.5. The minimum atomic E-state index is -0.284. The predicted octanol–water partition coefficient (Wildman–Crippen LogP) is 4.67. The molecule has 0 spiro atoms. The van der Waals surface area contributed by atoms with Gasteiger partial charge in [-0.15, -0.1) is 0 Å². The van der Waals surface area contributed by atoms with Crippen molar-refractivity contribution in [3.05, 3.63) is 33.8 Å². The van der Waals surface area contributed by atoms with Gasteiger partial charge in [-0.2, -0.15) is 0 Å². The Morgan fingerprint density at radius 1 is 1.26 bits per heavy atom. The summed E-state index contributed by atoms with van der Waals surface area (Å²) in [7, 11) is 0. The van der Waals surface area contributed by atoms with Gasteiger partial charge in [0.15, 0.2) is 0 Å². The number of ether oxygens (including phenoxy) is 1. The molecule has 0 N–H and O–H groups in total. The van der Waals surface area contributed by atoms with E-state index in [1.807, 2.05) is 20.8 Å². The summed E-state index contributed by atoms with van der Waals surface area (Å²) in [5.74, 6) is 0. The predicted molar refractivity (Wildman–Crippen MR) is 76.7 cm³/mol. The fourth-order valence-corrected chi connectivity index (χ4v) is 3.06. The molecule has 1 saturated heterocycles. The quantitative estimate of drug-likeness (QED) is 0.794. The fourth-order valence-electron chi connectivity index (χ4n) is 2.52. The summed E-state index contributed by atoms with van der Waals surface area (Å²) in [5.41, 5.74) is 0.848. The lowest BCUT2D eigenvalue weighted by molar-refractivity contribution is -0.00869. The summed E-state index contributed by atoms with van der Waals surface area (Å²) in [6.07, 6.45) is 0.171. The second kappa shape index (κ2) is 5.59. The minimum Gasteiger partial charge on any atom is -0.441 e. The van der Waals surface area contributed by atoms with E-state index in [4.69, 9.17) is 27.9 Å². The number of rotatable bonds is 2. The maximum Gasteiger partial charge on any atom is 0.410 e. The Morgan fingerprint density at radius 2 is 1.84 bits per heavy atom. The van der Waals surface area contributed by atoms with Crippen LogP contribution in [0.3, 0.4) is 0 Å². The molecule has 1 aliphatic rings. The van der Waals surface area contributed by atoms with E-state index >= 15 is 0 Å². The Bertz CT molecular complexity index is 470. The molecule has 1 fully saturated rings. The molecule has 104 valence electrons. The van der Waals surface area contributed by atoms with E-state index in [9.17, 15) is 4.79 Å². The van der Waals surface area contributed by atoms with Crippen LogP contribution in [-0.2, 0) is 4.74 Å². The van der Waals surface area contributed by atoms with Crippen molar-refractivity contribution in [2.24, 2.45) is 0 Å². The normalized spacial score (nSPS) is 23.7. The highest BCUT2D eigenvalue weighted by molar-refractivity contribution is 6.34. The van der Waals surface area contributed by atoms with Crippen LogP contribution in [0.25, 0.3) is 0 Å². The molecule has 1 aromatic rings. The highest BCUT2D eigenvalue weighted by atomic mass is 35.5. The summed E-state index contributed by atoms with van der Waals surface area (Å²) in [5, 5.41) is 1.11. The van der Waals surface area contributed by atoms with Crippen molar-refractivity contribution in [2.75, 3.05) is 0 Å². The van der Waals surface area contributed by atoms with E-state index in [1.54, 1.807) is 23.1 Å². The molecule has 1 heterocycles. The van der Waals surface area contributed by atoms with E-state index in [0.29, 0.717) is 10.0 Å². The number of cyclic esters (lactones) is 1. The molecule has 3 nitrogen and oxygen atoms in total. The van der Waals surface area contributed by atoms with Gasteiger partial charge in [-0.1, -0.05) is 23.2 Å². The monoisotopic (exact) mass is 301 g/mol. The lowest BCUT2D eigenvalue weighted by Gasteiger charge is -2.39. The van der Waals surface area contributed by atoms with Gasteiger partial charge in [0.1, 0.15) is 6.10 Å². The zero-order valence-corrected chi connectivity index (χ0v) is 12.7. The summed E-state index contributed by atoms with van der Waals surface area (Å²) < 4.78 is 5.50. The number of carbonyl (C=O) groups is 1. The fraction of sp³-hybridized carbons (Fsp3) is 0.500. The molecule has 5 heteroatoms. The van der Waals surface area contributed by atoms with Gasteiger partial charge in [-0.05, 0) is 44.5 Å². The smallest absolute Gasteiger partial charge is 0.410 e. The molecule has 19 heavy (non-hydrogen) atoms. The summed E-state index contributed by atoms with van der Waals surface area (Å²) in [6, 6.07) is 5.52. The summed E-state index contributed by atoms with van der Waals surface area (Å²) >= 11 is 12.0. The van der Waals surface area contributed by atoms with Gasteiger partial charge < -0.3 is 9.64 Å². The van der Waals surface area contributed by atoms with Crippen LogP contribution >= 0.6 is 23.2 Å². The van der Waals surface area contributed by atoms with E-state index < -0.39 is 0 Å². The Hall–Kier alpha value is -0.930. The number of hydrogen-bond donors (Lipinski definition) is 0. The van der Waals surface area contributed by atoms with E-state index in [0.717, 1.165) is 12.0 Å². The average molecular weight is 302 g/mol. The number of benzene rings is 1. The lowest BCUT2D eigenvalue weighted by atomic mass is 9.99. The van der Waals surface area contributed by atoms with Crippen LogP contribution in [0.1, 0.15) is 38.9 Å². The molecule has 1 aliphatic heterocycles. The van der Waals surface area contributed by atoms with Crippen molar-refractivity contribution in [1.82, 2.24) is 4.90 Å². The molecule has 0 unspecified atom stereocenters. The van der Waals surface area contributed by atoms with Crippen molar-refractivity contribution in [2.45, 2.75) is 45.4 Å². The van der Waals surface area contributed by atoms with Crippen LogP contribution in [0.2, 0.25) is 10.0 Å². The number of nitrogens with zero attached hydrogens (tertiary/aromatic N) is 1. The number of halogens is 2. The molecular weight excluding hydrogens is 285 g/mol. The summed E-state index contributed by atoms with van der Waals surface area (Å²) in [6.45, 7) is 5.99. The van der Waals surface area contributed by atoms with Crippen molar-refractivity contribution in [3.8, 4) is 0 Å². The third kappa shape index (κ3) is 3.15. The molecule has 0 aliphatic carbocycles. The van der Waals surface area contributed by atoms with Crippen LogP contribution in [-0.4, -0.2) is 23.1 Å². The van der Waals surface area contributed by atoms with Crippen molar-refractivity contribution >= 4 is 29.3 Å². The maximum atomic E-state index is 12.0. The topological polar surface area (TPSA) is 29.5 Å². The van der Waals surface area contributed by atoms with Gasteiger partial charge in [0, 0.05) is 28.5 Å². The molecule has 1 amide bonds. The lowest BCUT2D eigenvalue weighted by Crippen LogP contribution is -2.48. The molecule has 2 atom stereocenters. The maximum absolute atomic E-state index is 12.0. The molecule has 0 radical (unpaired) electrons. The van der Waals surface area contributed by atoms with Gasteiger partial charge in [0.2, 0.25) is 0 Å². The largest absolute Gasteiger partial charge is 0.441 e. The van der Waals surface area contributed by atoms with Crippen molar-refractivity contribution < 1.29 is 9.53 Å². The number of amides is 1. The minimum absolute atomic E-state index is 0.129. The second-order valence-electron chi connectivity index (χ2n) is 5.16. The molecular formula is C14H17Cl2NO2. The van der Waals surface area contributed by atoms with Gasteiger partial charge in [-0.3, -0.25) is 0 Å². The average Bonchev–Trinajstić information content (AvgIpc) is 2.25. The van der Waals surface area contributed by atoms with Crippen LogP contribution in [0, 0.1) is 0 Å². The second-order valence-corrected chi connectivity index (χ2v) is 6.03. The Morgan fingerprint density at radius 3 is 2.32 bits per heavy atom. The summed E-state index contributed by atoms with van der Waals surface area (Å²) in [4.78, 5) is 13.8. The molecule has 0 bridgehead atoms. The third-order valence-corrected chi connectivity index (χ3v) is 3.73. The Balaban J connectivity index is 2.22. The van der Waals surface area contributed by atoms with Crippen LogP contribution < -0.4 is 0 Å². The zero-order valence-electron chi connectivity index (χ0n) is 11.2.